The van der Waals surface area contributed by atoms with E-state index < -0.39 is 15.7 Å². The summed E-state index contributed by atoms with van der Waals surface area (Å²) in [5, 5.41) is 13.8. The first-order chi connectivity index (χ1) is 8.95. The zero-order valence-electron chi connectivity index (χ0n) is 10.5. The Morgan fingerprint density at radius 2 is 2.32 bits per heavy atom. The van der Waals surface area contributed by atoms with Crippen molar-refractivity contribution in [3.05, 3.63) is 28.3 Å². The van der Waals surface area contributed by atoms with Crippen LogP contribution in [-0.4, -0.2) is 37.2 Å². The van der Waals surface area contributed by atoms with E-state index in [1.807, 2.05) is 6.92 Å². The highest BCUT2D eigenvalue weighted by Gasteiger charge is 2.11. The topological polar surface area (TPSA) is 101 Å². The van der Waals surface area contributed by atoms with E-state index >= 15 is 0 Å². The lowest BCUT2D eigenvalue weighted by Crippen LogP contribution is -2.22. The van der Waals surface area contributed by atoms with Crippen molar-refractivity contribution in [2.75, 3.05) is 17.3 Å². The van der Waals surface area contributed by atoms with Crippen LogP contribution >= 0.6 is 0 Å². The Balaban J connectivity index is 2.21. The van der Waals surface area contributed by atoms with Crippen LogP contribution in [0.1, 0.15) is 6.92 Å². The van der Waals surface area contributed by atoms with Crippen LogP contribution in [-0.2, 0) is 10.8 Å². The third kappa shape index (κ3) is 3.28. The molecule has 2 unspecified atom stereocenters. The molecule has 0 aliphatic heterocycles. The molecule has 2 aromatic rings. The Morgan fingerprint density at radius 3 is 2.95 bits per heavy atom. The zero-order valence-corrected chi connectivity index (χ0v) is 11.4. The van der Waals surface area contributed by atoms with Gasteiger partial charge >= 0.3 is 0 Å². The maximum atomic E-state index is 11.1. The molecule has 0 aliphatic carbocycles. The monoisotopic (exact) mass is 282 g/mol. The highest BCUT2D eigenvalue weighted by Crippen LogP contribution is 2.20. The fourth-order valence-electron chi connectivity index (χ4n) is 1.81. The molecule has 102 valence electrons. The van der Waals surface area contributed by atoms with Gasteiger partial charge in [-0.15, -0.1) is 0 Å². The molecule has 0 spiro atoms. The van der Waals surface area contributed by atoms with Crippen LogP contribution in [0, 0.1) is 10.1 Å². The Morgan fingerprint density at radius 1 is 1.58 bits per heavy atom. The smallest absolute Gasteiger partial charge is 0.271 e. The number of nitrogens with one attached hydrogen (secondary N) is 2. The van der Waals surface area contributed by atoms with Gasteiger partial charge in [-0.25, -0.2) is 4.98 Å². The summed E-state index contributed by atoms with van der Waals surface area (Å²) in [5.41, 5.74) is 1.27. The number of aromatic amines is 1. The largest absolute Gasteiger partial charge is 0.352 e. The molecule has 0 radical (unpaired) electrons. The number of nitrogens with zero attached hydrogens (tertiary/aromatic N) is 2. The van der Waals surface area contributed by atoms with E-state index in [4.69, 9.17) is 0 Å². The minimum absolute atomic E-state index is 0.00128. The van der Waals surface area contributed by atoms with E-state index in [9.17, 15) is 14.3 Å². The van der Waals surface area contributed by atoms with E-state index in [1.165, 1.54) is 12.1 Å². The molecule has 19 heavy (non-hydrogen) atoms. The molecular weight excluding hydrogens is 268 g/mol. The van der Waals surface area contributed by atoms with Crippen LogP contribution in [0.25, 0.3) is 11.0 Å². The van der Waals surface area contributed by atoms with Gasteiger partial charge in [0.25, 0.3) is 5.69 Å². The Hall–Kier alpha value is -1.96. The molecule has 1 aromatic carbocycles. The molecule has 2 rings (SSSR count). The Kier molecular flexibility index (Phi) is 3.79. The summed E-state index contributed by atoms with van der Waals surface area (Å²) in [6.45, 7) is 1.90. The van der Waals surface area contributed by atoms with Gasteiger partial charge in [-0.1, -0.05) is 0 Å². The van der Waals surface area contributed by atoms with E-state index in [0.717, 1.165) is 0 Å². The van der Waals surface area contributed by atoms with Gasteiger partial charge in [0.15, 0.2) is 0 Å². The first-order valence-electron chi connectivity index (χ1n) is 5.66. The standard InChI is InChI=1S/C11H14N4O3S/c1-7(6-19(2)18)12-11-13-9-4-3-8(15(16)17)5-10(9)14-11/h3-5,7H,6H2,1-2H3,(H2,12,13,14). The maximum absolute atomic E-state index is 11.1. The number of nitro benzene ring substituents is 1. The van der Waals surface area contributed by atoms with Gasteiger partial charge < -0.3 is 10.3 Å². The normalized spacial score (nSPS) is 14.2. The van der Waals surface area contributed by atoms with Crippen LogP contribution in [0.2, 0.25) is 0 Å². The van der Waals surface area contributed by atoms with Crippen LogP contribution in [0.4, 0.5) is 11.6 Å². The molecule has 0 aliphatic rings. The second-order valence-electron chi connectivity index (χ2n) is 4.33. The van der Waals surface area contributed by atoms with Crippen molar-refractivity contribution in [1.29, 1.82) is 0 Å². The molecule has 0 saturated carbocycles. The predicted octanol–water partition coefficient (Wildman–Crippen LogP) is 1.65. The molecule has 0 amide bonds. The van der Waals surface area contributed by atoms with Crippen LogP contribution in [0.3, 0.4) is 0 Å². The van der Waals surface area contributed by atoms with Gasteiger partial charge in [-0.3, -0.25) is 14.3 Å². The zero-order chi connectivity index (χ0) is 14.0. The summed E-state index contributed by atoms with van der Waals surface area (Å²) in [6, 6.07) is 4.45. The summed E-state index contributed by atoms with van der Waals surface area (Å²) in [7, 11) is -0.890. The van der Waals surface area contributed by atoms with Crippen molar-refractivity contribution in [3.63, 3.8) is 0 Å². The number of aromatic nitrogens is 2. The van der Waals surface area contributed by atoms with E-state index in [-0.39, 0.29) is 11.7 Å². The molecule has 0 fully saturated rings. The number of non-ortho nitro benzene ring substituents is 1. The molecular formula is C11H14N4O3S. The fraction of sp³-hybridized carbons (Fsp3) is 0.364. The van der Waals surface area contributed by atoms with Crippen molar-refractivity contribution < 1.29 is 9.13 Å². The lowest BCUT2D eigenvalue weighted by molar-refractivity contribution is -0.384. The lowest BCUT2D eigenvalue weighted by Gasteiger charge is -2.10. The number of imidazole rings is 1. The van der Waals surface area contributed by atoms with Crippen molar-refractivity contribution >= 4 is 33.5 Å². The number of hydrogen-bond acceptors (Lipinski definition) is 5. The van der Waals surface area contributed by atoms with Gasteiger partial charge in [0.2, 0.25) is 5.95 Å². The quantitative estimate of drug-likeness (QED) is 0.641. The highest BCUT2D eigenvalue weighted by molar-refractivity contribution is 7.84. The molecule has 0 saturated heterocycles. The number of rotatable bonds is 5. The molecule has 8 heteroatoms. The predicted molar refractivity (Wildman–Crippen MR) is 74.8 cm³/mol. The van der Waals surface area contributed by atoms with Crippen molar-refractivity contribution in [1.82, 2.24) is 9.97 Å². The lowest BCUT2D eigenvalue weighted by atomic mass is 10.3. The maximum Gasteiger partial charge on any atom is 0.271 e. The molecule has 0 bridgehead atoms. The summed E-state index contributed by atoms with van der Waals surface area (Å²) in [5.74, 6) is 1.03. The number of anilines is 1. The molecule has 1 aromatic heterocycles. The highest BCUT2D eigenvalue weighted by atomic mass is 32.2. The number of nitro groups is 1. The van der Waals surface area contributed by atoms with Crippen molar-refractivity contribution in [3.8, 4) is 0 Å². The van der Waals surface area contributed by atoms with Crippen LogP contribution < -0.4 is 5.32 Å². The first-order valence-corrected chi connectivity index (χ1v) is 7.39. The van der Waals surface area contributed by atoms with Gasteiger partial charge in [0.05, 0.1) is 16.0 Å². The molecule has 2 N–H and O–H groups in total. The summed E-state index contributed by atoms with van der Waals surface area (Å²) >= 11 is 0. The summed E-state index contributed by atoms with van der Waals surface area (Å²) in [4.78, 5) is 17.5. The van der Waals surface area contributed by atoms with Gasteiger partial charge in [0, 0.05) is 41.0 Å². The number of benzene rings is 1. The second kappa shape index (κ2) is 5.35. The third-order valence-corrected chi connectivity index (χ3v) is 3.51. The molecule has 7 nitrogen and oxygen atoms in total. The first kappa shape index (κ1) is 13.5. The number of fused-ring (bicyclic) bond motifs is 1. The second-order valence-corrected chi connectivity index (χ2v) is 5.81. The summed E-state index contributed by atoms with van der Waals surface area (Å²) < 4.78 is 11.1. The van der Waals surface area contributed by atoms with E-state index in [1.54, 1.807) is 12.3 Å². The molecule has 1 heterocycles. The van der Waals surface area contributed by atoms with Crippen molar-refractivity contribution in [2.24, 2.45) is 0 Å². The SMILES string of the molecule is CC(CS(C)=O)Nc1nc2ccc([N+](=O)[O-])cc2[nH]1. The van der Waals surface area contributed by atoms with Crippen LogP contribution in [0.15, 0.2) is 18.2 Å². The minimum atomic E-state index is -0.890. The number of H-pyrrole nitrogens is 1. The Bertz CT molecular complexity index is 640. The average molecular weight is 282 g/mol. The number of hydrogen-bond donors (Lipinski definition) is 2. The van der Waals surface area contributed by atoms with Gasteiger partial charge in [-0.2, -0.15) is 0 Å². The Labute approximate surface area is 112 Å². The van der Waals surface area contributed by atoms with Gasteiger partial charge in [0.1, 0.15) is 0 Å². The van der Waals surface area contributed by atoms with E-state index in [2.05, 4.69) is 15.3 Å². The fourth-order valence-corrected chi connectivity index (χ4v) is 2.59. The minimum Gasteiger partial charge on any atom is -0.352 e. The third-order valence-electron chi connectivity index (χ3n) is 2.54. The average Bonchev–Trinajstić information content (AvgIpc) is 2.68. The van der Waals surface area contributed by atoms with Gasteiger partial charge in [-0.05, 0) is 13.0 Å². The molecule has 2 atom stereocenters. The summed E-state index contributed by atoms with van der Waals surface area (Å²) in [6.07, 6.45) is 1.64. The van der Waals surface area contributed by atoms with Crippen LogP contribution in [0.5, 0.6) is 0 Å². The van der Waals surface area contributed by atoms with Crippen molar-refractivity contribution in [2.45, 2.75) is 13.0 Å². The van der Waals surface area contributed by atoms with E-state index in [0.29, 0.717) is 22.7 Å².